The van der Waals surface area contributed by atoms with Gasteiger partial charge in [-0.3, -0.25) is 9.79 Å². The second-order valence-electron chi connectivity index (χ2n) is 4.57. The molecule has 0 saturated heterocycles. The van der Waals surface area contributed by atoms with E-state index in [4.69, 9.17) is 15.2 Å². The fourth-order valence-electron chi connectivity index (χ4n) is 1.77. The first-order valence-electron chi connectivity index (χ1n) is 7.56. The highest BCUT2D eigenvalue weighted by atomic mass is 16.5. The van der Waals surface area contributed by atoms with Crippen molar-refractivity contribution in [3.05, 3.63) is 48.5 Å². The SMILES string of the molecule is C=C/C=C\C=C\OCCOCNC1=NCC(=O)N/C1=C(\CN)NC. The molecule has 0 saturated carbocycles. The van der Waals surface area contributed by atoms with Crippen molar-refractivity contribution < 1.29 is 14.3 Å². The van der Waals surface area contributed by atoms with Crippen LogP contribution in [0.4, 0.5) is 0 Å². The number of hydrogen-bond donors (Lipinski definition) is 4. The predicted octanol–water partition coefficient (Wildman–Crippen LogP) is -0.259. The lowest BCUT2D eigenvalue weighted by Gasteiger charge is -2.21. The fourth-order valence-corrected chi connectivity index (χ4v) is 1.77. The molecule has 0 atom stereocenters. The lowest BCUT2D eigenvalue weighted by Crippen LogP contribution is -2.44. The van der Waals surface area contributed by atoms with Gasteiger partial charge in [0.1, 0.15) is 31.4 Å². The van der Waals surface area contributed by atoms with E-state index in [-0.39, 0.29) is 25.7 Å². The first-order chi connectivity index (χ1) is 11.7. The Labute approximate surface area is 142 Å². The van der Waals surface area contributed by atoms with Crippen LogP contribution in [-0.2, 0) is 14.3 Å². The Bertz CT molecular complexity index is 532. The Morgan fingerprint density at radius 3 is 2.96 bits per heavy atom. The highest BCUT2D eigenvalue weighted by Crippen LogP contribution is 2.03. The van der Waals surface area contributed by atoms with Crippen molar-refractivity contribution in [2.24, 2.45) is 10.7 Å². The molecule has 0 fully saturated rings. The highest BCUT2D eigenvalue weighted by Gasteiger charge is 2.19. The van der Waals surface area contributed by atoms with Crippen molar-refractivity contribution in [3.8, 4) is 0 Å². The van der Waals surface area contributed by atoms with Gasteiger partial charge in [0, 0.05) is 13.6 Å². The molecule has 0 aromatic carbocycles. The van der Waals surface area contributed by atoms with Crippen LogP contribution in [-0.4, -0.2) is 51.8 Å². The summed E-state index contributed by atoms with van der Waals surface area (Å²) in [5.41, 5.74) is 6.90. The van der Waals surface area contributed by atoms with Gasteiger partial charge in [0.05, 0.1) is 18.6 Å². The van der Waals surface area contributed by atoms with Gasteiger partial charge in [-0.2, -0.15) is 0 Å². The standard InChI is InChI=1S/C16H25N5O3/c1-3-4-5-6-7-23-8-9-24-12-20-16-15(13(10-17)18-2)21-14(22)11-19-16/h3-7,18H,1,8-12,17H2,2H3,(H,19,20)(H,21,22)/b5-4-,7-6+,15-13+. The van der Waals surface area contributed by atoms with Gasteiger partial charge in [-0.25, -0.2) is 0 Å². The molecule has 5 N–H and O–H groups in total. The third-order valence-corrected chi connectivity index (χ3v) is 2.91. The number of nitrogens with one attached hydrogen (secondary N) is 3. The largest absolute Gasteiger partial charge is 0.499 e. The summed E-state index contributed by atoms with van der Waals surface area (Å²) in [6.07, 6.45) is 8.65. The molecular weight excluding hydrogens is 310 g/mol. The second-order valence-corrected chi connectivity index (χ2v) is 4.57. The molecule has 1 rings (SSSR count). The molecule has 0 unspecified atom stereocenters. The summed E-state index contributed by atoms with van der Waals surface area (Å²) >= 11 is 0. The molecule has 1 aliphatic rings. The van der Waals surface area contributed by atoms with Crippen molar-refractivity contribution in [1.29, 1.82) is 0 Å². The van der Waals surface area contributed by atoms with Crippen LogP contribution in [0, 0.1) is 0 Å². The topological polar surface area (TPSA) is 110 Å². The summed E-state index contributed by atoms with van der Waals surface area (Å²) in [7, 11) is 1.74. The molecule has 8 heteroatoms. The van der Waals surface area contributed by atoms with Crippen molar-refractivity contribution in [1.82, 2.24) is 16.0 Å². The molecular formula is C16H25N5O3. The normalized spacial score (nSPS) is 16.8. The minimum absolute atomic E-state index is 0.0690. The molecule has 1 amide bonds. The number of likely N-dealkylation sites (N-methyl/N-ethyl adjacent to an activating group) is 1. The van der Waals surface area contributed by atoms with Crippen molar-refractivity contribution in [3.63, 3.8) is 0 Å². The van der Waals surface area contributed by atoms with E-state index in [1.807, 2.05) is 6.08 Å². The molecule has 0 radical (unpaired) electrons. The fraction of sp³-hybridized carbons (Fsp3) is 0.375. The van der Waals surface area contributed by atoms with Crippen LogP contribution < -0.4 is 21.7 Å². The van der Waals surface area contributed by atoms with E-state index in [1.165, 1.54) is 0 Å². The summed E-state index contributed by atoms with van der Waals surface area (Å²) < 4.78 is 10.7. The molecule has 24 heavy (non-hydrogen) atoms. The van der Waals surface area contributed by atoms with E-state index in [1.54, 1.807) is 31.5 Å². The lowest BCUT2D eigenvalue weighted by atomic mass is 10.2. The van der Waals surface area contributed by atoms with E-state index in [2.05, 4.69) is 27.5 Å². The van der Waals surface area contributed by atoms with Gasteiger partial charge < -0.3 is 31.2 Å². The maximum absolute atomic E-state index is 11.5. The number of hydrogen-bond acceptors (Lipinski definition) is 7. The van der Waals surface area contributed by atoms with Crippen molar-refractivity contribution in [2.75, 3.05) is 40.1 Å². The quantitative estimate of drug-likeness (QED) is 0.190. The third kappa shape index (κ3) is 7.12. The number of ether oxygens (including phenoxy) is 2. The van der Waals surface area contributed by atoms with Gasteiger partial charge >= 0.3 is 0 Å². The summed E-state index contributed by atoms with van der Waals surface area (Å²) in [6.45, 7) is 4.97. The Morgan fingerprint density at radius 2 is 2.25 bits per heavy atom. The Balaban J connectivity index is 2.34. The van der Waals surface area contributed by atoms with Crippen molar-refractivity contribution in [2.45, 2.75) is 0 Å². The molecule has 1 heterocycles. The van der Waals surface area contributed by atoms with E-state index in [0.717, 1.165) is 0 Å². The van der Waals surface area contributed by atoms with E-state index in [0.29, 0.717) is 30.4 Å². The first-order valence-corrected chi connectivity index (χ1v) is 7.56. The molecule has 132 valence electrons. The molecule has 1 aliphatic heterocycles. The van der Waals surface area contributed by atoms with Crippen LogP contribution in [0.15, 0.2) is 53.5 Å². The average Bonchev–Trinajstić information content (AvgIpc) is 2.59. The van der Waals surface area contributed by atoms with Gasteiger partial charge in [-0.15, -0.1) is 0 Å². The van der Waals surface area contributed by atoms with E-state index in [9.17, 15) is 4.79 Å². The zero-order valence-electron chi connectivity index (χ0n) is 13.9. The number of amides is 1. The molecule has 0 bridgehead atoms. The van der Waals surface area contributed by atoms with E-state index >= 15 is 0 Å². The van der Waals surface area contributed by atoms with Gasteiger partial charge in [0.25, 0.3) is 0 Å². The van der Waals surface area contributed by atoms with Crippen molar-refractivity contribution >= 4 is 11.7 Å². The third-order valence-electron chi connectivity index (χ3n) is 2.91. The van der Waals surface area contributed by atoms with Crippen LogP contribution in [0.2, 0.25) is 0 Å². The number of aliphatic imine (C=N–C) groups is 1. The van der Waals surface area contributed by atoms with Crippen LogP contribution >= 0.6 is 0 Å². The summed E-state index contributed by atoms with van der Waals surface area (Å²) in [5, 5.41) is 8.73. The number of nitrogens with two attached hydrogens (primary N) is 1. The van der Waals surface area contributed by atoms with Gasteiger partial charge in [0.15, 0.2) is 0 Å². The Hall–Kier alpha value is -2.58. The molecule has 0 spiro atoms. The van der Waals surface area contributed by atoms with Crippen LogP contribution in [0.1, 0.15) is 0 Å². The number of allylic oxidation sites excluding steroid dienone is 4. The van der Waals surface area contributed by atoms with Crippen LogP contribution in [0.3, 0.4) is 0 Å². The lowest BCUT2D eigenvalue weighted by molar-refractivity contribution is -0.119. The Morgan fingerprint density at radius 1 is 1.42 bits per heavy atom. The monoisotopic (exact) mass is 335 g/mol. The number of rotatable bonds is 10. The zero-order chi connectivity index (χ0) is 17.6. The zero-order valence-corrected chi connectivity index (χ0v) is 13.9. The van der Waals surface area contributed by atoms with Crippen LogP contribution in [0.25, 0.3) is 0 Å². The minimum Gasteiger partial charge on any atom is -0.499 e. The second kappa shape index (κ2) is 11.9. The first kappa shape index (κ1) is 19.5. The summed E-state index contributed by atoms with van der Waals surface area (Å²) in [6, 6.07) is 0. The number of amidine groups is 1. The number of nitrogens with zero attached hydrogens (tertiary/aromatic N) is 1. The number of carbonyl (C=O) groups excluding carboxylic acids is 1. The molecule has 8 nitrogen and oxygen atoms in total. The predicted molar refractivity (Wildman–Crippen MR) is 94.0 cm³/mol. The van der Waals surface area contributed by atoms with E-state index < -0.39 is 0 Å². The smallest absolute Gasteiger partial charge is 0.246 e. The number of carbonyl (C=O) groups is 1. The maximum Gasteiger partial charge on any atom is 0.246 e. The van der Waals surface area contributed by atoms with Gasteiger partial charge in [0.2, 0.25) is 5.91 Å². The maximum atomic E-state index is 11.5. The molecule has 0 aromatic heterocycles. The summed E-state index contributed by atoms with van der Waals surface area (Å²) in [4.78, 5) is 15.7. The summed E-state index contributed by atoms with van der Waals surface area (Å²) in [5.74, 6) is 0.364. The Kier molecular flexibility index (Phi) is 9.67. The van der Waals surface area contributed by atoms with Crippen LogP contribution in [0.5, 0.6) is 0 Å². The molecule has 0 aromatic rings. The van der Waals surface area contributed by atoms with Gasteiger partial charge in [-0.1, -0.05) is 24.8 Å². The average molecular weight is 335 g/mol. The minimum atomic E-state index is -0.177. The molecule has 0 aliphatic carbocycles. The van der Waals surface area contributed by atoms with Gasteiger partial charge in [-0.05, 0) is 6.08 Å². The highest BCUT2D eigenvalue weighted by molar-refractivity contribution is 6.05.